The quantitative estimate of drug-likeness (QED) is 0.617. The number of nitrogens with one attached hydrogen (secondary N) is 1. The zero-order chi connectivity index (χ0) is 12.1. The van der Waals surface area contributed by atoms with Crippen molar-refractivity contribution in [3.8, 4) is 5.75 Å². The number of rotatable bonds is 0. The predicted octanol–water partition coefficient (Wildman–Crippen LogP) is 2.05. The smallest absolute Gasteiger partial charge is 0.180 e. The number of aromatic amines is 1. The molecule has 1 aromatic carbocycles. The zero-order valence-electron chi connectivity index (χ0n) is 9.33. The highest BCUT2D eigenvalue weighted by molar-refractivity contribution is 5.67. The van der Waals surface area contributed by atoms with Crippen LogP contribution in [-0.2, 0) is 0 Å². The van der Waals surface area contributed by atoms with Gasteiger partial charge in [-0.05, 0) is 18.6 Å². The number of phenolic OH excluding ortho intramolecular Hbond substituents is 1. The molecular formula is C12H12N4O. The van der Waals surface area contributed by atoms with E-state index in [9.17, 15) is 0 Å². The molecule has 0 aliphatic rings. The van der Waals surface area contributed by atoms with Crippen molar-refractivity contribution in [2.24, 2.45) is 0 Å². The summed E-state index contributed by atoms with van der Waals surface area (Å²) in [5.74, 6) is 0.368. The number of nitrogens with zero attached hydrogens (tertiary/aromatic N) is 3. The first-order valence-electron chi connectivity index (χ1n) is 5.11. The molecular weight excluding hydrogens is 216 g/mol. The number of aryl methyl sites for hydroxylation is 1. The number of aromatic nitrogens is 4. The molecule has 0 fully saturated rings. The highest BCUT2D eigenvalue weighted by Crippen LogP contribution is 2.12. The summed E-state index contributed by atoms with van der Waals surface area (Å²) in [6, 6.07) is 7.25. The first-order chi connectivity index (χ1) is 8.27. The van der Waals surface area contributed by atoms with E-state index >= 15 is 0 Å². The minimum atomic E-state index is 0.368. The lowest BCUT2D eigenvalue weighted by Crippen LogP contribution is -1.76. The third-order valence-electron chi connectivity index (χ3n) is 2.21. The Kier molecular flexibility index (Phi) is 3.30. The number of fused-ring (bicyclic) bond motifs is 1. The molecule has 3 aromatic rings. The van der Waals surface area contributed by atoms with Gasteiger partial charge < -0.3 is 10.1 Å². The molecule has 0 atom stereocenters. The van der Waals surface area contributed by atoms with Gasteiger partial charge in [-0.15, -0.1) is 0 Å². The number of hydrogen-bond acceptors (Lipinski definition) is 4. The number of H-pyrrole nitrogens is 1. The molecule has 2 heterocycles. The number of phenols is 1. The van der Waals surface area contributed by atoms with Crippen LogP contribution in [0.4, 0.5) is 0 Å². The lowest BCUT2D eigenvalue weighted by molar-refractivity contribution is 0.471. The minimum Gasteiger partial charge on any atom is -0.508 e. The number of aromatic hydroxyl groups is 1. The second kappa shape index (κ2) is 5.07. The van der Waals surface area contributed by atoms with E-state index in [0.717, 1.165) is 11.1 Å². The predicted molar refractivity (Wildman–Crippen MR) is 64.5 cm³/mol. The average Bonchev–Trinajstić information content (AvgIpc) is 2.82. The summed E-state index contributed by atoms with van der Waals surface area (Å²) >= 11 is 0. The molecule has 5 nitrogen and oxygen atoms in total. The van der Waals surface area contributed by atoms with Gasteiger partial charge in [-0.2, -0.15) is 0 Å². The van der Waals surface area contributed by atoms with Crippen LogP contribution in [0.3, 0.4) is 0 Å². The average molecular weight is 228 g/mol. The SMILES string of the molecule is Cc1ccccc1O.c1ncc2[nH]cnc2n1. The van der Waals surface area contributed by atoms with Gasteiger partial charge in [0.25, 0.3) is 0 Å². The van der Waals surface area contributed by atoms with E-state index in [1.165, 1.54) is 6.33 Å². The molecule has 0 unspecified atom stereocenters. The molecule has 86 valence electrons. The summed E-state index contributed by atoms with van der Waals surface area (Å²) < 4.78 is 0. The minimum absolute atomic E-state index is 0.368. The van der Waals surface area contributed by atoms with Crippen molar-refractivity contribution < 1.29 is 5.11 Å². The Hall–Kier alpha value is -2.43. The van der Waals surface area contributed by atoms with Crippen LogP contribution >= 0.6 is 0 Å². The Labute approximate surface area is 98.2 Å². The monoisotopic (exact) mass is 228 g/mol. The first kappa shape index (κ1) is 11.1. The Morgan fingerprint density at radius 1 is 1.18 bits per heavy atom. The molecule has 0 bridgehead atoms. The van der Waals surface area contributed by atoms with Crippen LogP contribution in [0.2, 0.25) is 0 Å². The fraction of sp³-hybridized carbons (Fsp3) is 0.0833. The molecule has 3 rings (SSSR count). The van der Waals surface area contributed by atoms with Gasteiger partial charge in [0.05, 0.1) is 12.5 Å². The number of benzene rings is 1. The second-order valence-corrected chi connectivity index (χ2v) is 3.45. The molecule has 17 heavy (non-hydrogen) atoms. The largest absolute Gasteiger partial charge is 0.508 e. The fourth-order valence-corrected chi connectivity index (χ4v) is 1.25. The van der Waals surface area contributed by atoms with Crippen LogP contribution < -0.4 is 0 Å². The van der Waals surface area contributed by atoms with Crippen molar-refractivity contribution in [1.82, 2.24) is 19.9 Å². The van der Waals surface area contributed by atoms with E-state index < -0.39 is 0 Å². The molecule has 0 aliphatic heterocycles. The van der Waals surface area contributed by atoms with Crippen molar-refractivity contribution in [1.29, 1.82) is 0 Å². The summed E-state index contributed by atoms with van der Waals surface area (Å²) in [6.07, 6.45) is 4.76. The van der Waals surface area contributed by atoms with Gasteiger partial charge in [0.1, 0.15) is 17.6 Å². The van der Waals surface area contributed by atoms with Gasteiger partial charge in [-0.3, -0.25) is 0 Å². The summed E-state index contributed by atoms with van der Waals surface area (Å²) in [5, 5.41) is 8.92. The topological polar surface area (TPSA) is 74.7 Å². The van der Waals surface area contributed by atoms with E-state index in [2.05, 4.69) is 19.9 Å². The fourth-order valence-electron chi connectivity index (χ4n) is 1.25. The first-order valence-corrected chi connectivity index (χ1v) is 5.11. The van der Waals surface area contributed by atoms with E-state index in [4.69, 9.17) is 5.11 Å². The molecule has 0 amide bonds. The number of hydrogen-bond donors (Lipinski definition) is 2. The maximum absolute atomic E-state index is 8.92. The van der Waals surface area contributed by atoms with Gasteiger partial charge in [0, 0.05) is 0 Å². The Morgan fingerprint density at radius 3 is 2.65 bits per heavy atom. The molecule has 0 saturated heterocycles. The normalized spacial score (nSPS) is 9.71. The Balaban J connectivity index is 0.000000128. The van der Waals surface area contributed by atoms with Gasteiger partial charge in [0.15, 0.2) is 5.65 Å². The zero-order valence-corrected chi connectivity index (χ0v) is 9.33. The molecule has 0 saturated carbocycles. The number of imidazole rings is 1. The van der Waals surface area contributed by atoms with Crippen LogP contribution in [0.15, 0.2) is 43.1 Å². The molecule has 5 heteroatoms. The summed E-state index contributed by atoms with van der Waals surface area (Å²) in [4.78, 5) is 14.5. The third-order valence-corrected chi connectivity index (χ3v) is 2.21. The molecule has 2 N–H and O–H groups in total. The second-order valence-electron chi connectivity index (χ2n) is 3.45. The van der Waals surface area contributed by atoms with Crippen molar-refractivity contribution in [3.05, 3.63) is 48.7 Å². The highest BCUT2D eigenvalue weighted by Gasteiger charge is 1.91. The van der Waals surface area contributed by atoms with E-state index in [-0.39, 0.29) is 0 Å². The maximum Gasteiger partial charge on any atom is 0.180 e. The van der Waals surface area contributed by atoms with Crippen molar-refractivity contribution in [2.75, 3.05) is 0 Å². The maximum atomic E-state index is 8.92. The van der Waals surface area contributed by atoms with Gasteiger partial charge in [-0.25, -0.2) is 15.0 Å². The Bertz CT molecular complexity index is 555. The van der Waals surface area contributed by atoms with Gasteiger partial charge in [-0.1, -0.05) is 18.2 Å². The summed E-state index contributed by atoms with van der Waals surface area (Å²) in [7, 11) is 0. The summed E-state index contributed by atoms with van der Waals surface area (Å²) in [5.41, 5.74) is 2.51. The molecule has 0 radical (unpaired) electrons. The van der Waals surface area contributed by atoms with Crippen LogP contribution in [0, 0.1) is 6.92 Å². The van der Waals surface area contributed by atoms with Crippen LogP contribution in [0.25, 0.3) is 11.2 Å². The van der Waals surface area contributed by atoms with Crippen LogP contribution in [0.1, 0.15) is 5.56 Å². The van der Waals surface area contributed by atoms with Crippen molar-refractivity contribution >= 4 is 11.2 Å². The van der Waals surface area contributed by atoms with E-state index in [1.54, 1.807) is 18.6 Å². The highest BCUT2D eigenvalue weighted by atomic mass is 16.3. The van der Waals surface area contributed by atoms with Crippen LogP contribution in [-0.4, -0.2) is 25.0 Å². The lowest BCUT2D eigenvalue weighted by atomic mass is 10.2. The number of para-hydroxylation sites is 1. The van der Waals surface area contributed by atoms with E-state index in [0.29, 0.717) is 11.4 Å². The van der Waals surface area contributed by atoms with Crippen LogP contribution in [0.5, 0.6) is 5.75 Å². The van der Waals surface area contributed by atoms with Gasteiger partial charge >= 0.3 is 0 Å². The van der Waals surface area contributed by atoms with Crippen molar-refractivity contribution in [3.63, 3.8) is 0 Å². The molecule has 2 aromatic heterocycles. The van der Waals surface area contributed by atoms with Crippen molar-refractivity contribution in [2.45, 2.75) is 6.92 Å². The lowest BCUT2D eigenvalue weighted by Gasteiger charge is -1.92. The molecule has 0 aliphatic carbocycles. The Morgan fingerprint density at radius 2 is 2.00 bits per heavy atom. The standard InChI is InChI=1S/C7H8O.C5H4N4/c1-6-4-2-3-5-7(6)8;1-4-5(8-2-6-1)9-3-7-4/h2-5,8H,1H3;1-3H,(H,6,7,8,9). The summed E-state index contributed by atoms with van der Waals surface area (Å²) in [6.45, 7) is 1.87. The van der Waals surface area contributed by atoms with E-state index in [1.807, 2.05) is 25.1 Å². The van der Waals surface area contributed by atoms with Gasteiger partial charge in [0.2, 0.25) is 0 Å². The third kappa shape index (κ3) is 2.78. The molecule has 0 spiro atoms.